The summed E-state index contributed by atoms with van der Waals surface area (Å²) in [6.07, 6.45) is 0.0755. The van der Waals surface area contributed by atoms with Crippen molar-refractivity contribution < 1.29 is 23.9 Å². The van der Waals surface area contributed by atoms with Crippen LogP contribution in [0.2, 0.25) is 0 Å². The molecular formula is C27H32FN3O4S. The Morgan fingerprint density at radius 3 is 2.58 bits per heavy atom. The highest BCUT2D eigenvalue weighted by atomic mass is 32.2. The number of halogens is 1. The van der Waals surface area contributed by atoms with Crippen LogP contribution in [0.1, 0.15) is 35.3 Å². The summed E-state index contributed by atoms with van der Waals surface area (Å²) < 4.78 is 13.5. The van der Waals surface area contributed by atoms with E-state index in [9.17, 15) is 23.9 Å². The number of benzene rings is 2. The molecule has 1 heterocycles. The molecule has 36 heavy (non-hydrogen) atoms. The van der Waals surface area contributed by atoms with Crippen LogP contribution in [0.15, 0.2) is 61.2 Å². The summed E-state index contributed by atoms with van der Waals surface area (Å²) in [5.74, 6) is -1.92. The molecule has 1 aliphatic rings. The first-order chi connectivity index (χ1) is 17.1. The van der Waals surface area contributed by atoms with Crippen LogP contribution in [0.5, 0.6) is 0 Å². The van der Waals surface area contributed by atoms with Gasteiger partial charge in [0.1, 0.15) is 11.9 Å². The maximum absolute atomic E-state index is 14.1. The molecule has 7 nitrogen and oxygen atoms in total. The van der Waals surface area contributed by atoms with E-state index in [1.54, 1.807) is 6.08 Å². The van der Waals surface area contributed by atoms with E-state index in [4.69, 9.17) is 0 Å². The molecule has 3 N–H and O–H groups in total. The molecule has 2 aromatic rings. The van der Waals surface area contributed by atoms with Crippen LogP contribution in [0.3, 0.4) is 0 Å². The van der Waals surface area contributed by atoms with Gasteiger partial charge in [0.2, 0.25) is 5.91 Å². The van der Waals surface area contributed by atoms with Crippen LogP contribution < -0.4 is 10.6 Å². The van der Waals surface area contributed by atoms with Gasteiger partial charge in [0.15, 0.2) is 6.10 Å². The molecule has 2 aromatic carbocycles. The maximum Gasteiger partial charge on any atom is 0.254 e. The van der Waals surface area contributed by atoms with E-state index >= 15 is 0 Å². The summed E-state index contributed by atoms with van der Waals surface area (Å²) >= 11 is 1.43. The Kier molecular flexibility index (Phi) is 8.92. The number of nitrogens with zero attached hydrogens (tertiary/aromatic N) is 1. The molecule has 0 bridgehead atoms. The number of nitrogens with one attached hydrogen (secondary N) is 2. The SMILES string of the molecule is C=CCNC(=O)[C@H]1N(C(=O)[C@@H](O)[C@H](Cc2ccccc2)NC(=O)c2cccc(F)c2C)CSC1(C)C. The molecular weight excluding hydrogens is 481 g/mol. The first kappa shape index (κ1) is 27.4. The fourth-order valence-electron chi connectivity index (χ4n) is 4.23. The fourth-order valence-corrected chi connectivity index (χ4v) is 5.37. The quantitative estimate of drug-likeness (QED) is 0.448. The van der Waals surface area contributed by atoms with Crippen molar-refractivity contribution in [3.63, 3.8) is 0 Å². The maximum atomic E-state index is 14.1. The molecule has 3 amide bonds. The van der Waals surface area contributed by atoms with Crippen molar-refractivity contribution in [2.75, 3.05) is 12.4 Å². The first-order valence-electron chi connectivity index (χ1n) is 11.7. The van der Waals surface area contributed by atoms with Crippen molar-refractivity contribution in [3.05, 3.63) is 83.7 Å². The summed E-state index contributed by atoms with van der Waals surface area (Å²) in [4.78, 5) is 40.9. The summed E-state index contributed by atoms with van der Waals surface area (Å²) in [7, 11) is 0. The van der Waals surface area contributed by atoms with E-state index in [1.165, 1.54) is 41.8 Å². The second-order valence-electron chi connectivity index (χ2n) is 9.25. The minimum absolute atomic E-state index is 0.118. The number of aliphatic hydroxyl groups excluding tert-OH is 1. The number of carbonyl (C=O) groups is 3. The standard InChI is InChI=1S/C27H32FN3O4S/c1-5-14-29-25(34)23-27(3,4)36-16-31(23)26(35)22(32)21(15-18-10-7-6-8-11-18)30-24(33)19-12-9-13-20(28)17(19)2/h5-13,21-23,32H,1,14-16H2,2-4H3,(H,29,34)(H,30,33)/t21-,22-,23+/m0/s1. The van der Waals surface area contributed by atoms with Crippen molar-refractivity contribution in [2.45, 2.75) is 50.1 Å². The summed E-state index contributed by atoms with van der Waals surface area (Å²) in [6.45, 7) is 9.08. The topological polar surface area (TPSA) is 98.7 Å². The van der Waals surface area contributed by atoms with Crippen molar-refractivity contribution >= 4 is 29.5 Å². The Morgan fingerprint density at radius 2 is 1.92 bits per heavy atom. The number of carbonyl (C=O) groups excluding carboxylic acids is 3. The predicted octanol–water partition coefficient (Wildman–Crippen LogP) is 2.82. The van der Waals surface area contributed by atoms with Crippen LogP contribution in [-0.4, -0.2) is 63.1 Å². The van der Waals surface area contributed by atoms with Crippen molar-refractivity contribution in [1.82, 2.24) is 15.5 Å². The Labute approximate surface area is 215 Å². The minimum atomic E-state index is -1.63. The fraction of sp³-hybridized carbons (Fsp3) is 0.370. The molecule has 0 saturated carbocycles. The summed E-state index contributed by atoms with van der Waals surface area (Å²) in [5, 5.41) is 16.7. The molecule has 0 radical (unpaired) electrons. The Hall–Kier alpha value is -3.17. The third kappa shape index (κ3) is 6.14. The van der Waals surface area contributed by atoms with Crippen molar-refractivity contribution in [2.24, 2.45) is 0 Å². The molecule has 192 valence electrons. The Bertz CT molecular complexity index is 1130. The third-order valence-electron chi connectivity index (χ3n) is 6.26. The summed E-state index contributed by atoms with van der Waals surface area (Å²) in [5.41, 5.74) is 1.08. The molecule has 3 atom stereocenters. The van der Waals surface area contributed by atoms with E-state index in [1.807, 2.05) is 44.2 Å². The zero-order valence-corrected chi connectivity index (χ0v) is 21.5. The number of hydrogen-bond donors (Lipinski definition) is 3. The van der Waals surface area contributed by atoms with E-state index in [0.29, 0.717) is 0 Å². The Morgan fingerprint density at radius 1 is 1.22 bits per heavy atom. The molecule has 9 heteroatoms. The lowest BCUT2D eigenvalue weighted by molar-refractivity contribution is -0.147. The van der Waals surface area contributed by atoms with Gasteiger partial charge in [-0.05, 0) is 50.5 Å². The number of aliphatic hydroxyl groups is 1. The number of thioether (sulfide) groups is 1. The highest BCUT2D eigenvalue weighted by Gasteiger charge is 2.49. The van der Waals surface area contributed by atoms with Gasteiger partial charge in [0.05, 0.1) is 11.9 Å². The molecule has 0 spiro atoms. The van der Waals surface area contributed by atoms with Crippen LogP contribution in [0.4, 0.5) is 4.39 Å². The zero-order valence-electron chi connectivity index (χ0n) is 20.7. The van der Waals surface area contributed by atoms with Gasteiger partial charge in [0, 0.05) is 16.9 Å². The Balaban J connectivity index is 1.88. The van der Waals surface area contributed by atoms with Crippen molar-refractivity contribution in [1.29, 1.82) is 0 Å². The average molecular weight is 514 g/mol. The second-order valence-corrected chi connectivity index (χ2v) is 10.8. The molecule has 0 unspecified atom stereocenters. The molecule has 1 saturated heterocycles. The van der Waals surface area contributed by atoms with Gasteiger partial charge in [-0.2, -0.15) is 0 Å². The summed E-state index contributed by atoms with van der Waals surface area (Å²) in [6, 6.07) is 11.5. The number of amides is 3. The highest BCUT2D eigenvalue weighted by Crippen LogP contribution is 2.39. The van der Waals surface area contributed by atoms with E-state index < -0.39 is 40.6 Å². The molecule has 0 aliphatic carbocycles. The third-order valence-corrected chi connectivity index (χ3v) is 7.63. The monoisotopic (exact) mass is 513 g/mol. The predicted molar refractivity (Wildman–Crippen MR) is 139 cm³/mol. The first-order valence-corrected chi connectivity index (χ1v) is 12.7. The van der Waals surface area contributed by atoms with E-state index in [2.05, 4.69) is 17.2 Å². The van der Waals surface area contributed by atoms with Gasteiger partial charge >= 0.3 is 0 Å². The lowest BCUT2D eigenvalue weighted by Gasteiger charge is -2.33. The van der Waals surface area contributed by atoms with E-state index in [-0.39, 0.29) is 35.9 Å². The number of rotatable bonds is 9. The molecule has 0 aromatic heterocycles. The van der Waals surface area contributed by atoms with Crippen LogP contribution in [0.25, 0.3) is 0 Å². The largest absolute Gasteiger partial charge is 0.381 e. The van der Waals surface area contributed by atoms with Gasteiger partial charge in [-0.3, -0.25) is 14.4 Å². The smallest absolute Gasteiger partial charge is 0.254 e. The minimum Gasteiger partial charge on any atom is -0.381 e. The van der Waals surface area contributed by atoms with Gasteiger partial charge < -0.3 is 20.6 Å². The molecule has 1 fully saturated rings. The van der Waals surface area contributed by atoms with Gasteiger partial charge in [-0.15, -0.1) is 18.3 Å². The normalized spacial score (nSPS) is 18.2. The van der Waals surface area contributed by atoms with Crippen LogP contribution in [-0.2, 0) is 16.0 Å². The molecule has 3 rings (SSSR count). The van der Waals surface area contributed by atoms with E-state index in [0.717, 1.165) is 5.56 Å². The lowest BCUT2D eigenvalue weighted by atomic mass is 9.96. The van der Waals surface area contributed by atoms with Crippen LogP contribution in [0, 0.1) is 12.7 Å². The van der Waals surface area contributed by atoms with Crippen molar-refractivity contribution in [3.8, 4) is 0 Å². The van der Waals surface area contributed by atoms with Gasteiger partial charge in [-0.1, -0.05) is 42.5 Å². The lowest BCUT2D eigenvalue weighted by Crippen LogP contribution is -2.58. The second kappa shape index (κ2) is 11.7. The number of hydrogen-bond acceptors (Lipinski definition) is 5. The highest BCUT2D eigenvalue weighted by molar-refractivity contribution is 8.00. The van der Waals surface area contributed by atoms with Gasteiger partial charge in [0.25, 0.3) is 11.8 Å². The van der Waals surface area contributed by atoms with Gasteiger partial charge in [-0.25, -0.2) is 4.39 Å². The molecule has 1 aliphatic heterocycles. The average Bonchev–Trinajstić information content (AvgIpc) is 3.18. The zero-order chi connectivity index (χ0) is 26.5. The van der Waals surface area contributed by atoms with Crippen LogP contribution >= 0.6 is 11.8 Å².